The van der Waals surface area contributed by atoms with Gasteiger partial charge in [0.05, 0.1) is 12.6 Å². The summed E-state index contributed by atoms with van der Waals surface area (Å²) in [7, 11) is 0. The molecule has 1 fully saturated rings. The van der Waals surface area contributed by atoms with Gasteiger partial charge in [-0.3, -0.25) is 4.79 Å². The van der Waals surface area contributed by atoms with Crippen molar-refractivity contribution in [1.29, 1.82) is 0 Å². The first kappa shape index (κ1) is 18.4. The van der Waals surface area contributed by atoms with Gasteiger partial charge in [0, 0.05) is 5.70 Å². The quantitative estimate of drug-likeness (QED) is 0.788. The molecule has 1 aliphatic heterocycles. The highest BCUT2D eigenvalue weighted by Gasteiger charge is 2.39. The number of benzene rings is 2. The molecule has 2 atom stereocenters. The van der Waals surface area contributed by atoms with E-state index in [2.05, 4.69) is 17.2 Å². The highest BCUT2D eigenvalue weighted by Crippen LogP contribution is 2.34. The number of hydrogen-bond acceptors (Lipinski definition) is 4. The molecule has 140 valence electrons. The van der Waals surface area contributed by atoms with E-state index < -0.39 is 29.8 Å². The van der Waals surface area contributed by atoms with Crippen LogP contribution in [0.1, 0.15) is 18.5 Å². The van der Waals surface area contributed by atoms with Crippen molar-refractivity contribution in [2.24, 2.45) is 5.92 Å². The Bertz CT molecular complexity index is 870. The lowest BCUT2D eigenvalue weighted by atomic mass is 9.89. The van der Waals surface area contributed by atoms with Crippen molar-refractivity contribution in [1.82, 2.24) is 10.6 Å². The van der Waals surface area contributed by atoms with E-state index in [4.69, 9.17) is 9.47 Å². The molecule has 0 aliphatic carbocycles. The zero-order valence-corrected chi connectivity index (χ0v) is 14.7. The monoisotopic (exact) mass is 370 g/mol. The van der Waals surface area contributed by atoms with Gasteiger partial charge in [0.25, 0.3) is 0 Å². The van der Waals surface area contributed by atoms with Gasteiger partial charge in [0.15, 0.2) is 11.6 Å². The summed E-state index contributed by atoms with van der Waals surface area (Å²) in [5.41, 5.74) is 0.716. The third kappa shape index (κ3) is 4.08. The fraction of sp³-hybridized carbons (Fsp3) is 0.200. The molecule has 27 heavy (non-hydrogen) atoms. The fourth-order valence-corrected chi connectivity index (χ4v) is 2.88. The van der Waals surface area contributed by atoms with E-state index in [-0.39, 0.29) is 18.1 Å². The molecule has 0 aromatic heterocycles. The Kier molecular flexibility index (Phi) is 5.40. The Hall–Kier alpha value is -3.35. The number of esters is 1. The average molecular weight is 370 g/mol. The molecule has 1 saturated heterocycles. The number of amides is 2. The minimum atomic E-state index is -0.849. The summed E-state index contributed by atoms with van der Waals surface area (Å²) in [5, 5.41) is 5.16. The van der Waals surface area contributed by atoms with Crippen LogP contribution >= 0.6 is 0 Å². The van der Waals surface area contributed by atoms with E-state index >= 15 is 0 Å². The summed E-state index contributed by atoms with van der Waals surface area (Å²) >= 11 is 0. The highest BCUT2D eigenvalue weighted by atomic mass is 19.1. The van der Waals surface area contributed by atoms with Gasteiger partial charge in [-0.25, -0.2) is 9.18 Å². The third-order valence-corrected chi connectivity index (χ3v) is 4.10. The van der Waals surface area contributed by atoms with E-state index in [1.807, 2.05) is 6.07 Å². The minimum Gasteiger partial charge on any atom is -0.465 e. The number of urea groups is 1. The SMILES string of the molecule is C=C1NC(=O)N[C@H](c2ccc(F)c(Oc3ccccc3)c2)[C@@H]1C(=O)OCC. The molecule has 0 bridgehead atoms. The molecule has 3 rings (SSSR count). The number of halogens is 1. The van der Waals surface area contributed by atoms with Crippen LogP contribution in [0.15, 0.2) is 60.8 Å². The van der Waals surface area contributed by atoms with Crippen LogP contribution in [0.2, 0.25) is 0 Å². The number of carbonyl (C=O) groups is 2. The number of rotatable bonds is 5. The lowest BCUT2D eigenvalue weighted by Gasteiger charge is -2.33. The molecular formula is C20H19FN2O4. The highest BCUT2D eigenvalue weighted by molar-refractivity contribution is 5.85. The van der Waals surface area contributed by atoms with Crippen molar-refractivity contribution < 1.29 is 23.5 Å². The van der Waals surface area contributed by atoms with Crippen molar-refractivity contribution >= 4 is 12.0 Å². The Morgan fingerprint density at radius 2 is 1.96 bits per heavy atom. The Morgan fingerprint density at radius 3 is 2.67 bits per heavy atom. The van der Waals surface area contributed by atoms with Gasteiger partial charge in [-0.2, -0.15) is 0 Å². The Labute approximate surface area is 156 Å². The van der Waals surface area contributed by atoms with E-state index in [9.17, 15) is 14.0 Å². The molecular weight excluding hydrogens is 351 g/mol. The molecule has 6 nitrogen and oxygen atoms in total. The van der Waals surface area contributed by atoms with Crippen molar-refractivity contribution in [3.05, 3.63) is 72.2 Å². The Morgan fingerprint density at radius 1 is 1.22 bits per heavy atom. The van der Waals surface area contributed by atoms with Crippen molar-refractivity contribution in [3.8, 4) is 11.5 Å². The molecule has 0 unspecified atom stereocenters. The van der Waals surface area contributed by atoms with Crippen LogP contribution in [-0.2, 0) is 9.53 Å². The topological polar surface area (TPSA) is 76.7 Å². The molecule has 2 aromatic rings. The second kappa shape index (κ2) is 7.90. The summed E-state index contributed by atoms with van der Waals surface area (Å²) in [6.45, 7) is 5.63. The van der Waals surface area contributed by atoms with Gasteiger partial charge in [-0.05, 0) is 36.8 Å². The number of ether oxygens (including phenoxy) is 2. The second-order valence-corrected chi connectivity index (χ2v) is 5.94. The first-order valence-electron chi connectivity index (χ1n) is 8.45. The van der Waals surface area contributed by atoms with Crippen LogP contribution in [0, 0.1) is 11.7 Å². The maximum Gasteiger partial charge on any atom is 0.319 e. The van der Waals surface area contributed by atoms with E-state index in [1.54, 1.807) is 31.2 Å². The molecule has 1 aliphatic rings. The molecule has 2 amide bonds. The molecule has 0 spiro atoms. The Balaban J connectivity index is 1.94. The molecule has 7 heteroatoms. The van der Waals surface area contributed by atoms with Crippen molar-refractivity contribution in [2.45, 2.75) is 13.0 Å². The van der Waals surface area contributed by atoms with Gasteiger partial charge < -0.3 is 20.1 Å². The summed E-state index contributed by atoms with van der Waals surface area (Å²) in [6.07, 6.45) is 0. The van der Waals surface area contributed by atoms with Crippen LogP contribution in [-0.4, -0.2) is 18.6 Å². The first-order chi connectivity index (χ1) is 13.0. The minimum absolute atomic E-state index is 0.0142. The van der Waals surface area contributed by atoms with Crippen LogP contribution in [0.5, 0.6) is 11.5 Å². The van der Waals surface area contributed by atoms with Crippen LogP contribution < -0.4 is 15.4 Å². The summed E-state index contributed by atoms with van der Waals surface area (Å²) in [4.78, 5) is 24.2. The lowest BCUT2D eigenvalue weighted by Crippen LogP contribution is -2.51. The maximum absolute atomic E-state index is 14.2. The number of carbonyl (C=O) groups excluding carboxylic acids is 2. The van der Waals surface area contributed by atoms with Gasteiger partial charge in [-0.15, -0.1) is 0 Å². The van der Waals surface area contributed by atoms with Crippen LogP contribution in [0.25, 0.3) is 0 Å². The second-order valence-electron chi connectivity index (χ2n) is 5.94. The first-order valence-corrected chi connectivity index (χ1v) is 8.45. The predicted octanol–water partition coefficient (Wildman–Crippen LogP) is 3.66. The lowest BCUT2D eigenvalue weighted by molar-refractivity contribution is -0.147. The van der Waals surface area contributed by atoms with Gasteiger partial charge in [-0.1, -0.05) is 30.8 Å². The molecule has 2 N–H and O–H groups in total. The zero-order valence-electron chi connectivity index (χ0n) is 14.7. The fourth-order valence-electron chi connectivity index (χ4n) is 2.88. The summed E-state index contributed by atoms with van der Waals surface area (Å²) in [6, 6.07) is 11.7. The largest absolute Gasteiger partial charge is 0.465 e. The standard InChI is InChI=1S/C20H19FN2O4/c1-3-26-19(24)17-12(2)22-20(25)23-18(17)13-9-10-15(21)16(11-13)27-14-7-5-4-6-8-14/h4-11,17-18H,2-3H2,1H3,(H2,22,23,25)/t17-,18-/m1/s1. The average Bonchev–Trinajstić information content (AvgIpc) is 2.64. The maximum atomic E-state index is 14.2. The molecule has 1 heterocycles. The van der Waals surface area contributed by atoms with Gasteiger partial charge >= 0.3 is 12.0 Å². The molecule has 2 aromatic carbocycles. The van der Waals surface area contributed by atoms with Crippen LogP contribution in [0.4, 0.5) is 9.18 Å². The van der Waals surface area contributed by atoms with Crippen molar-refractivity contribution in [3.63, 3.8) is 0 Å². The number of para-hydroxylation sites is 1. The van der Waals surface area contributed by atoms with E-state index in [1.165, 1.54) is 18.2 Å². The summed E-state index contributed by atoms with van der Waals surface area (Å²) < 4.78 is 24.9. The molecule has 0 saturated carbocycles. The van der Waals surface area contributed by atoms with Crippen molar-refractivity contribution in [2.75, 3.05) is 6.61 Å². The van der Waals surface area contributed by atoms with E-state index in [0.29, 0.717) is 11.3 Å². The number of nitrogens with one attached hydrogen (secondary N) is 2. The summed E-state index contributed by atoms with van der Waals surface area (Å²) in [5.74, 6) is -1.49. The van der Waals surface area contributed by atoms with Crippen LogP contribution in [0.3, 0.4) is 0 Å². The van der Waals surface area contributed by atoms with E-state index in [0.717, 1.165) is 0 Å². The molecule has 0 radical (unpaired) electrons. The normalized spacial score (nSPS) is 19.0. The smallest absolute Gasteiger partial charge is 0.319 e. The predicted molar refractivity (Wildman–Crippen MR) is 96.6 cm³/mol. The zero-order chi connectivity index (χ0) is 19.4. The number of hydrogen-bond donors (Lipinski definition) is 2. The third-order valence-electron chi connectivity index (χ3n) is 4.10. The van der Waals surface area contributed by atoms with Gasteiger partial charge in [0.1, 0.15) is 11.7 Å². The van der Waals surface area contributed by atoms with Gasteiger partial charge in [0.2, 0.25) is 0 Å².